The number of benzene rings is 4. The van der Waals surface area contributed by atoms with Crippen molar-refractivity contribution in [2.45, 2.75) is 121 Å². The Morgan fingerprint density at radius 2 is 0.986 bits per heavy atom. The van der Waals surface area contributed by atoms with E-state index in [1.165, 1.54) is 13.2 Å². The first-order valence-electron chi connectivity index (χ1n) is 23.2. The highest BCUT2D eigenvalue weighted by atomic mass is 16.8. The van der Waals surface area contributed by atoms with Crippen molar-refractivity contribution in [3.63, 3.8) is 0 Å². The normalized spacial score (nSPS) is 27.6. The summed E-state index contributed by atoms with van der Waals surface area (Å²) in [6.45, 7) is 11.1. The van der Waals surface area contributed by atoms with Crippen molar-refractivity contribution in [3.8, 4) is 23.0 Å². The standard InChI is InChI=1S/C33H32O9.C20H22O9/c1-5-33(3)30(36-4)28-29(41-32(35)40-28)31(42-33)38-23-17-16-22-24(18-25(34)39-26(22)19(23)2)37-27(20-12-8-6-9-13-20)21-14-10-7-11-15-21;1-5-20(3)17(24-4)15-16(28-19(23)27-15)18(29-20)25-12-7-6-10-11(21)8-13(22)26-14(10)9(12)2/h6-18,27-31H,5H2,1-4H3;6-8,15-18,21H,5H2,1-4H3/t28?,29?,30?,31?,33-;15?,16?,17?,18?,20-/m00/s1. The van der Waals surface area contributed by atoms with Gasteiger partial charge in [0.25, 0.3) is 0 Å². The van der Waals surface area contributed by atoms with E-state index in [-0.39, 0.29) is 11.3 Å². The lowest BCUT2D eigenvalue weighted by Crippen LogP contribution is -2.63. The summed E-state index contributed by atoms with van der Waals surface area (Å²) in [5.74, 6) is 0.945. The molecule has 0 saturated carbocycles. The van der Waals surface area contributed by atoms with E-state index in [9.17, 15) is 24.3 Å². The molecule has 18 nitrogen and oxygen atoms in total. The molecule has 6 heterocycles. The first kappa shape index (κ1) is 48.9. The van der Waals surface area contributed by atoms with Gasteiger partial charge < -0.3 is 66.0 Å². The van der Waals surface area contributed by atoms with Crippen LogP contribution in [0.4, 0.5) is 9.59 Å². The Hall–Kier alpha value is -7.12. The van der Waals surface area contributed by atoms with E-state index in [0.29, 0.717) is 57.6 Å². The molecule has 8 unspecified atom stereocenters. The van der Waals surface area contributed by atoms with Gasteiger partial charge in [-0.3, -0.25) is 0 Å². The molecular formula is C53H54O18. The van der Waals surface area contributed by atoms with Crippen molar-refractivity contribution >= 4 is 34.2 Å². The van der Waals surface area contributed by atoms with Crippen molar-refractivity contribution in [1.82, 2.24) is 0 Å². The number of aromatic hydroxyl groups is 1. The molecule has 4 aliphatic rings. The van der Waals surface area contributed by atoms with Gasteiger partial charge in [-0.25, -0.2) is 19.2 Å². The smallest absolute Gasteiger partial charge is 0.507 e. The third-order valence-electron chi connectivity index (χ3n) is 13.7. The van der Waals surface area contributed by atoms with Gasteiger partial charge in [0.2, 0.25) is 24.8 Å². The van der Waals surface area contributed by atoms with Crippen LogP contribution in [-0.2, 0) is 37.9 Å². The Morgan fingerprint density at radius 1 is 0.563 bits per heavy atom. The van der Waals surface area contributed by atoms with Crippen molar-refractivity contribution in [2.24, 2.45) is 0 Å². The van der Waals surface area contributed by atoms with Gasteiger partial charge in [-0.05, 0) is 75.9 Å². The second kappa shape index (κ2) is 19.6. The zero-order chi connectivity index (χ0) is 50.4. The molecule has 0 radical (unpaired) electrons. The van der Waals surface area contributed by atoms with Gasteiger partial charge in [0.1, 0.15) is 52.5 Å². The third-order valence-corrected chi connectivity index (χ3v) is 13.7. The van der Waals surface area contributed by atoms with E-state index < -0.39 is 90.1 Å². The van der Waals surface area contributed by atoms with E-state index in [2.05, 4.69) is 0 Å². The van der Waals surface area contributed by atoms with Crippen molar-refractivity contribution in [2.75, 3.05) is 14.2 Å². The van der Waals surface area contributed by atoms with Gasteiger partial charge >= 0.3 is 23.6 Å². The van der Waals surface area contributed by atoms with E-state index in [0.717, 1.165) is 17.2 Å². The van der Waals surface area contributed by atoms with Gasteiger partial charge in [-0.15, -0.1) is 0 Å². The van der Waals surface area contributed by atoms with E-state index in [4.69, 9.17) is 60.9 Å². The average molecular weight is 979 g/mol. The fourth-order valence-corrected chi connectivity index (χ4v) is 9.62. The van der Waals surface area contributed by atoms with Crippen LogP contribution in [0.25, 0.3) is 21.9 Å². The molecule has 10 rings (SSSR count). The molecule has 0 amide bonds. The average Bonchev–Trinajstić information content (AvgIpc) is 3.95. The molecule has 6 aromatic rings. The number of carbonyl (C=O) groups is 2. The van der Waals surface area contributed by atoms with Gasteiger partial charge in [-0.2, -0.15) is 0 Å². The number of ether oxygens (including phenoxy) is 11. The lowest BCUT2D eigenvalue weighted by Gasteiger charge is -2.46. The highest BCUT2D eigenvalue weighted by molar-refractivity contribution is 5.88. The second-order valence-electron chi connectivity index (χ2n) is 18.0. The number of hydrogen-bond donors (Lipinski definition) is 1. The van der Waals surface area contributed by atoms with Crippen LogP contribution in [0.1, 0.15) is 68.9 Å². The maximum atomic E-state index is 12.8. The van der Waals surface area contributed by atoms with Crippen LogP contribution < -0.4 is 25.5 Å². The predicted molar refractivity (Wildman–Crippen MR) is 252 cm³/mol. The SMILES string of the molecule is CC[C@]1(C)OC(Oc2ccc3c(O)cc(=O)oc3c2C)C2OC(=O)OC2C1OC.CC[C@]1(C)OC(Oc2ccc3c(OC(c4ccccc4)c4ccccc4)cc(=O)oc3c2C)C2OC(=O)OC2C1OC. The Bertz CT molecular complexity index is 3010. The number of carbonyl (C=O) groups excluding carboxylic acids is 2. The fraction of sp³-hybridized carbons (Fsp3) is 0.396. The number of methoxy groups -OCH3 is 2. The van der Waals surface area contributed by atoms with Crippen LogP contribution >= 0.6 is 0 Å². The zero-order valence-electron chi connectivity index (χ0n) is 40.2. The lowest BCUT2D eigenvalue weighted by molar-refractivity contribution is -0.289. The number of rotatable bonds is 12. The highest BCUT2D eigenvalue weighted by Gasteiger charge is 2.61. The Labute approximate surface area is 407 Å². The van der Waals surface area contributed by atoms with Crippen molar-refractivity contribution < 1.29 is 75.6 Å². The molecule has 1 N–H and O–H groups in total. The zero-order valence-corrected chi connectivity index (χ0v) is 40.2. The topological polar surface area (TPSA) is 216 Å². The van der Waals surface area contributed by atoms with E-state index in [1.807, 2.05) is 88.4 Å². The minimum atomic E-state index is -0.986. The maximum absolute atomic E-state index is 12.8. The molecule has 374 valence electrons. The number of aryl methyl sites for hydroxylation is 2. The summed E-state index contributed by atoms with van der Waals surface area (Å²) < 4.78 is 75.0. The molecule has 0 spiro atoms. The third kappa shape index (κ3) is 9.23. The van der Waals surface area contributed by atoms with E-state index in [1.54, 1.807) is 45.2 Å². The summed E-state index contributed by atoms with van der Waals surface area (Å²) in [6.07, 6.45) is -7.06. The van der Waals surface area contributed by atoms with Crippen LogP contribution in [0.15, 0.2) is 115 Å². The Kier molecular flexibility index (Phi) is 13.5. The Balaban J connectivity index is 0.000000188. The van der Waals surface area contributed by atoms with Crippen LogP contribution in [0.3, 0.4) is 0 Å². The van der Waals surface area contributed by atoms with Crippen LogP contribution in [-0.4, -0.2) is 92.0 Å². The van der Waals surface area contributed by atoms with Gasteiger partial charge in [0.05, 0.1) is 34.1 Å². The minimum absolute atomic E-state index is 0.181. The molecule has 4 fully saturated rings. The molecule has 18 heteroatoms. The molecule has 10 atom stereocenters. The van der Waals surface area contributed by atoms with Crippen LogP contribution in [0.5, 0.6) is 23.0 Å². The van der Waals surface area contributed by atoms with Crippen LogP contribution in [0.2, 0.25) is 0 Å². The first-order chi connectivity index (χ1) is 34.1. The largest absolute Gasteiger partial charge is 0.509 e. The van der Waals surface area contributed by atoms with Crippen molar-refractivity contribution in [1.29, 1.82) is 0 Å². The number of hydrogen-bond acceptors (Lipinski definition) is 18. The maximum Gasteiger partial charge on any atom is 0.509 e. The first-order valence-corrected chi connectivity index (χ1v) is 23.2. The second-order valence-corrected chi connectivity index (χ2v) is 18.0. The molecule has 4 aliphatic heterocycles. The number of fused-ring (bicyclic) bond motifs is 4. The summed E-state index contributed by atoms with van der Waals surface area (Å²) in [6, 6.07) is 28.7. The molecular weight excluding hydrogens is 925 g/mol. The molecule has 71 heavy (non-hydrogen) atoms. The Morgan fingerprint density at radius 3 is 1.44 bits per heavy atom. The summed E-state index contributed by atoms with van der Waals surface area (Å²) in [5, 5.41) is 11.0. The monoisotopic (exact) mass is 978 g/mol. The summed E-state index contributed by atoms with van der Waals surface area (Å²) >= 11 is 0. The molecule has 4 saturated heterocycles. The molecule has 0 bridgehead atoms. The summed E-state index contributed by atoms with van der Waals surface area (Å²) in [7, 11) is 3.07. The van der Waals surface area contributed by atoms with Gasteiger partial charge in [0, 0.05) is 25.3 Å². The fourth-order valence-electron chi connectivity index (χ4n) is 9.62. The van der Waals surface area contributed by atoms with Gasteiger partial charge in [0.15, 0.2) is 12.2 Å². The molecule has 2 aromatic heterocycles. The van der Waals surface area contributed by atoms with E-state index >= 15 is 0 Å². The van der Waals surface area contributed by atoms with Crippen molar-refractivity contribution in [3.05, 3.63) is 140 Å². The van der Waals surface area contributed by atoms with Gasteiger partial charge in [-0.1, -0.05) is 74.5 Å². The highest BCUT2D eigenvalue weighted by Crippen LogP contribution is 2.44. The molecule has 4 aromatic carbocycles. The quantitative estimate of drug-likeness (QED) is 0.0895. The molecule has 0 aliphatic carbocycles. The minimum Gasteiger partial charge on any atom is -0.507 e. The summed E-state index contributed by atoms with van der Waals surface area (Å²) in [4.78, 5) is 48.3. The predicted octanol–water partition coefficient (Wildman–Crippen LogP) is 8.72. The lowest BCUT2D eigenvalue weighted by atomic mass is 9.86. The summed E-state index contributed by atoms with van der Waals surface area (Å²) in [5.41, 5.74) is 0.606. The van der Waals surface area contributed by atoms with Crippen LogP contribution in [0, 0.1) is 13.8 Å².